The van der Waals surface area contributed by atoms with Crippen molar-refractivity contribution in [2.75, 3.05) is 18.0 Å². The molecule has 1 aliphatic heterocycles. The third kappa shape index (κ3) is 2.94. The molecule has 0 saturated carbocycles. The smallest absolute Gasteiger partial charge is 0.166 e. The standard InChI is InChI=1S/C23H21ClN4/c1-16-22(18-9-11-19(24)12-10-18)23-25-21(27-13-5-6-14-27)15-20(28(23)26-16)17-7-3-2-4-8-17/h2-4,7-12,15H,5-6,13-14H2,1H3. The van der Waals surface area contributed by atoms with Gasteiger partial charge in [0.2, 0.25) is 0 Å². The zero-order valence-corrected chi connectivity index (χ0v) is 16.5. The molecule has 4 nitrogen and oxygen atoms in total. The van der Waals surface area contributed by atoms with E-state index in [1.165, 1.54) is 12.8 Å². The van der Waals surface area contributed by atoms with Crippen molar-refractivity contribution in [2.45, 2.75) is 19.8 Å². The zero-order chi connectivity index (χ0) is 19.1. The minimum absolute atomic E-state index is 0.730. The number of aromatic nitrogens is 3. The van der Waals surface area contributed by atoms with Crippen molar-refractivity contribution in [1.29, 1.82) is 0 Å². The molecule has 3 heterocycles. The van der Waals surface area contributed by atoms with Crippen molar-refractivity contribution >= 4 is 23.1 Å². The molecule has 0 N–H and O–H groups in total. The number of halogens is 1. The molecule has 1 saturated heterocycles. The van der Waals surface area contributed by atoms with Crippen molar-refractivity contribution in [3.63, 3.8) is 0 Å². The Hall–Kier alpha value is -2.85. The Bertz CT molecular complexity index is 1130. The molecule has 0 aliphatic carbocycles. The maximum Gasteiger partial charge on any atom is 0.166 e. The summed E-state index contributed by atoms with van der Waals surface area (Å²) in [5, 5.41) is 5.59. The molecule has 5 heteroatoms. The zero-order valence-electron chi connectivity index (χ0n) is 15.8. The first-order valence-corrected chi connectivity index (χ1v) is 10.1. The molecule has 0 atom stereocenters. The molecule has 0 amide bonds. The summed E-state index contributed by atoms with van der Waals surface area (Å²) in [5.41, 5.74) is 6.21. The number of aryl methyl sites for hydroxylation is 1. The molecule has 0 unspecified atom stereocenters. The molecule has 28 heavy (non-hydrogen) atoms. The predicted octanol–water partition coefficient (Wildman–Crippen LogP) is 5.63. The lowest BCUT2D eigenvalue weighted by molar-refractivity contribution is 0.895. The van der Waals surface area contributed by atoms with Gasteiger partial charge in [-0.25, -0.2) is 9.50 Å². The first-order chi connectivity index (χ1) is 13.7. The largest absolute Gasteiger partial charge is 0.356 e. The SMILES string of the molecule is Cc1nn2c(-c3ccccc3)cc(N3CCCC3)nc2c1-c1ccc(Cl)cc1. The van der Waals surface area contributed by atoms with E-state index >= 15 is 0 Å². The van der Waals surface area contributed by atoms with Crippen LogP contribution in [0.2, 0.25) is 5.02 Å². The number of fused-ring (bicyclic) bond motifs is 1. The van der Waals surface area contributed by atoms with Gasteiger partial charge < -0.3 is 4.90 Å². The van der Waals surface area contributed by atoms with Gasteiger partial charge in [-0.15, -0.1) is 0 Å². The van der Waals surface area contributed by atoms with Crippen LogP contribution in [0.5, 0.6) is 0 Å². The third-order valence-corrected chi connectivity index (χ3v) is 5.63. The van der Waals surface area contributed by atoms with Crippen LogP contribution in [0.3, 0.4) is 0 Å². The van der Waals surface area contributed by atoms with Crippen LogP contribution in [0.25, 0.3) is 28.0 Å². The third-order valence-electron chi connectivity index (χ3n) is 5.38. The first kappa shape index (κ1) is 17.3. The number of hydrogen-bond acceptors (Lipinski definition) is 3. The molecule has 5 rings (SSSR count). The van der Waals surface area contributed by atoms with E-state index in [0.717, 1.165) is 57.7 Å². The molecule has 1 fully saturated rings. The number of hydrogen-bond donors (Lipinski definition) is 0. The van der Waals surface area contributed by atoms with Gasteiger partial charge in [0.15, 0.2) is 5.65 Å². The minimum atomic E-state index is 0.730. The highest BCUT2D eigenvalue weighted by Crippen LogP contribution is 2.33. The Balaban J connectivity index is 1.79. The van der Waals surface area contributed by atoms with E-state index in [4.69, 9.17) is 21.7 Å². The van der Waals surface area contributed by atoms with Crippen molar-refractivity contribution < 1.29 is 0 Å². The fraction of sp³-hybridized carbons (Fsp3) is 0.217. The summed E-state index contributed by atoms with van der Waals surface area (Å²) in [7, 11) is 0. The van der Waals surface area contributed by atoms with Crippen LogP contribution in [0.1, 0.15) is 18.5 Å². The second kappa shape index (κ2) is 6.95. The number of nitrogens with zero attached hydrogens (tertiary/aromatic N) is 4. The van der Waals surface area contributed by atoms with E-state index in [0.29, 0.717) is 0 Å². The van der Waals surface area contributed by atoms with Gasteiger partial charge in [0.1, 0.15) is 5.82 Å². The van der Waals surface area contributed by atoms with Crippen LogP contribution in [-0.4, -0.2) is 27.7 Å². The molecular formula is C23H21ClN4. The quantitative estimate of drug-likeness (QED) is 0.456. The summed E-state index contributed by atoms with van der Waals surface area (Å²) in [6.07, 6.45) is 2.44. The van der Waals surface area contributed by atoms with E-state index < -0.39 is 0 Å². The Morgan fingerprint density at radius 1 is 0.893 bits per heavy atom. The molecule has 4 aromatic rings. The van der Waals surface area contributed by atoms with Crippen LogP contribution in [0, 0.1) is 6.92 Å². The number of benzene rings is 2. The summed E-state index contributed by atoms with van der Waals surface area (Å²) in [6, 6.07) is 20.5. The molecule has 2 aromatic heterocycles. The topological polar surface area (TPSA) is 33.4 Å². The Kier molecular flexibility index (Phi) is 4.29. The van der Waals surface area contributed by atoms with Gasteiger partial charge in [-0.1, -0.05) is 54.1 Å². The minimum Gasteiger partial charge on any atom is -0.356 e. The Morgan fingerprint density at radius 2 is 1.61 bits per heavy atom. The first-order valence-electron chi connectivity index (χ1n) is 9.67. The lowest BCUT2D eigenvalue weighted by Gasteiger charge is -2.18. The molecule has 1 aliphatic rings. The van der Waals surface area contributed by atoms with Gasteiger partial charge in [-0.2, -0.15) is 5.10 Å². The van der Waals surface area contributed by atoms with E-state index in [1.54, 1.807) is 0 Å². The highest BCUT2D eigenvalue weighted by molar-refractivity contribution is 6.30. The van der Waals surface area contributed by atoms with Crippen molar-refractivity contribution in [2.24, 2.45) is 0 Å². The van der Waals surface area contributed by atoms with Gasteiger partial charge in [0.05, 0.1) is 11.4 Å². The van der Waals surface area contributed by atoms with Gasteiger partial charge in [-0.3, -0.25) is 0 Å². The lowest BCUT2D eigenvalue weighted by Crippen LogP contribution is -2.19. The van der Waals surface area contributed by atoms with E-state index in [1.807, 2.05) is 41.8 Å². The van der Waals surface area contributed by atoms with E-state index in [9.17, 15) is 0 Å². The number of anilines is 1. The predicted molar refractivity (Wildman–Crippen MR) is 115 cm³/mol. The summed E-state index contributed by atoms with van der Waals surface area (Å²) >= 11 is 6.10. The van der Waals surface area contributed by atoms with Crippen LogP contribution in [0.4, 0.5) is 5.82 Å². The molecule has 0 radical (unpaired) electrons. The molecule has 2 aromatic carbocycles. The van der Waals surface area contributed by atoms with Crippen LogP contribution >= 0.6 is 11.6 Å². The van der Waals surface area contributed by atoms with Gasteiger partial charge >= 0.3 is 0 Å². The number of rotatable bonds is 3. The lowest BCUT2D eigenvalue weighted by atomic mass is 10.1. The second-order valence-electron chi connectivity index (χ2n) is 7.26. The average Bonchev–Trinajstić information content (AvgIpc) is 3.36. The Morgan fingerprint density at radius 3 is 2.32 bits per heavy atom. The van der Waals surface area contributed by atoms with E-state index in [-0.39, 0.29) is 0 Å². The van der Waals surface area contributed by atoms with Crippen LogP contribution in [-0.2, 0) is 0 Å². The van der Waals surface area contributed by atoms with Crippen molar-refractivity contribution in [3.8, 4) is 22.4 Å². The maximum atomic E-state index is 6.10. The Labute approximate surface area is 169 Å². The molecule has 140 valence electrons. The molecule has 0 spiro atoms. The highest BCUT2D eigenvalue weighted by Gasteiger charge is 2.21. The van der Waals surface area contributed by atoms with Crippen LogP contribution in [0.15, 0.2) is 60.7 Å². The summed E-state index contributed by atoms with van der Waals surface area (Å²) in [4.78, 5) is 7.43. The summed E-state index contributed by atoms with van der Waals surface area (Å²) in [6.45, 7) is 4.16. The normalized spacial score (nSPS) is 14.1. The van der Waals surface area contributed by atoms with Crippen molar-refractivity contribution in [3.05, 3.63) is 71.4 Å². The molecule has 0 bridgehead atoms. The monoisotopic (exact) mass is 388 g/mol. The van der Waals surface area contributed by atoms with Crippen molar-refractivity contribution in [1.82, 2.24) is 14.6 Å². The fourth-order valence-corrected chi connectivity index (χ4v) is 4.11. The van der Waals surface area contributed by atoms with Gasteiger partial charge in [-0.05, 0) is 37.5 Å². The van der Waals surface area contributed by atoms with Gasteiger partial charge in [0.25, 0.3) is 0 Å². The highest BCUT2D eigenvalue weighted by atomic mass is 35.5. The molecular weight excluding hydrogens is 368 g/mol. The van der Waals surface area contributed by atoms with E-state index in [2.05, 4.69) is 35.2 Å². The summed E-state index contributed by atoms with van der Waals surface area (Å²) < 4.78 is 1.98. The average molecular weight is 389 g/mol. The second-order valence-corrected chi connectivity index (χ2v) is 7.70. The van der Waals surface area contributed by atoms with Crippen LogP contribution < -0.4 is 4.90 Å². The van der Waals surface area contributed by atoms with Gasteiger partial charge in [0, 0.05) is 35.3 Å². The summed E-state index contributed by atoms with van der Waals surface area (Å²) in [5.74, 6) is 1.03. The fourth-order valence-electron chi connectivity index (χ4n) is 3.99. The maximum absolute atomic E-state index is 6.10.